The molecule has 2 aromatic carbocycles. The van der Waals surface area contributed by atoms with Crippen molar-refractivity contribution in [3.63, 3.8) is 0 Å². The Bertz CT molecular complexity index is 781. The number of hydrogen-bond acceptors (Lipinski definition) is 5. The zero-order valence-electron chi connectivity index (χ0n) is 13.1. The zero-order chi connectivity index (χ0) is 17.7. The lowest BCUT2D eigenvalue weighted by Gasteiger charge is -2.10. The quantitative estimate of drug-likeness (QED) is 0.712. The summed E-state index contributed by atoms with van der Waals surface area (Å²) in [5.41, 5.74) is 0.318. The molecule has 0 N–H and O–H groups in total. The largest absolute Gasteiger partial charge is 0.497 e. The number of methoxy groups -OCH3 is 1. The minimum Gasteiger partial charge on any atom is -0.497 e. The van der Waals surface area contributed by atoms with E-state index < -0.39 is 33.9 Å². The first-order valence-corrected chi connectivity index (χ1v) is 8.68. The van der Waals surface area contributed by atoms with Gasteiger partial charge < -0.3 is 9.47 Å². The van der Waals surface area contributed by atoms with E-state index in [-0.39, 0.29) is 12.4 Å². The van der Waals surface area contributed by atoms with E-state index in [9.17, 15) is 17.2 Å². The number of halogens is 2. The van der Waals surface area contributed by atoms with Gasteiger partial charge in [-0.1, -0.05) is 12.1 Å². The van der Waals surface area contributed by atoms with Crippen LogP contribution in [0.1, 0.15) is 11.1 Å². The van der Waals surface area contributed by atoms with Crippen molar-refractivity contribution in [2.45, 2.75) is 13.2 Å². The smallest absolute Gasteiger partial charge is 0.264 e. The Balaban J connectivity index is 2.06. The number of ether oxygens (including phenoxy) is 2. The fourth-order valence-corrected chi connectivity index (χ4v) is 2.19. The molecular weight excluding hydrogens is 342 g/mol. The lowest BCUT2D eigenvalue weighted by Crippen LogP contribution is -2.06. The fraction of sp³-hybridized carbons (Fsp3) is 0.250. The molecule has 0 aliphatic carbocycles. The normalized spacial score (nSPS) is 11.3. The van der Waals surface area contributed by atoms with Crippen LogP contribution in [0.25, 0.3) is 0 Å². The van der Waals surface area contributed by atoms with E-state index >= 15 is 0 Å². The van der Waals surface area contributed by atoms with Crippen LogP contribution in [0, 0.1) is 11.6 Å². The Hall–Kier alpha value is -2.19. The molecule has 0 heterocycles. The Morgan fingerprint density at radius 3 is 2.04 bits per heavy atom. The molecule has 0 radical (unpaired) electrons. The molecule has 5 nitrogen and oxygen atoms in total. The van der Waals surface area contributed by atoms with Crippen LogP contribution in [-0.4, -0.2) is 21.8 Å². The highest BCUT2D eigenvalue weighted by Crippen LogP contribution is 2.23. The zero-order valence-corrected chi connectivity index (χ0v) is 13.9. The van der Waals surface area contributed by atoms with Crippen LogP contribution in [-0.2, 0) is 27.5 Å². The van der Waals surface area contributed by atoms with Crippen LogP contribution >= 0.6 is 0 Å². The van der Waals surface area contributed by atoms with Gasteiger partial charge in [0.25, 0.3) is 10.1 Å². The lowest BCUT2D eigenvalue weighted by atomic mass is 10.2. The summed E-state index contributed by atoms with van der Waals surface area (Å²) >= 11 is 0. The van der Waals surface area contributed by atoms with E-state index in [1.54, 1.807) is 31.4 Å². The minimum absolute atomic E-state index is 0.0103. The molecule has 0 fully saturated rings. The molecule has 0 aromatic heterocycles. The highest BCUT2D eigenvalue weighted by Gasteiger charge is 2.14. The Morgan fingerprint density at radius 2 is 1.54 bits per heavy atom. The molecule has 0 amide bonds. The summed E-state index contributed by atoms with van der Waals surface area (Å²) in [6.45, 7) is -0.600. The van der Waals surface area contributed by atoms with Crippen molar-refractivity contribution < 1.29 is 30.9 Å². The predicted octanol–water partition coefficient (Wildman–Crippen LogP) is 3.03. The molecule has 0 saturated heterocycles. The van der Waals surface area contributed by atoms with E-state index in [2.05, 4.69) is 4.18 Å². The first-order valence-electron chi connectivity index (χ1n) is 6.86. The maximum Gasteiger partial charge on any atom is 0.264 e. The molecule has 0 aliphatic rings. The molecule has 0 atom stereocenters. The maximum absolute atomic E-state index is 13.9. The van der Waals surface area contributed by atoms with Gasteiger partial charge in [0.05, 0.1) is 25.5 Å². The predicted molar refractivity (Wildman–Crippen MR) is 83.3 cm³/mol. The Kier molecular flexibility index (Phi) is 5.74. The van der Waals surface area contributed by atoms with E-state index in [0.29, 0.717) is 5.75 Å². The van der Waals surface area contributed by atoms with Crippen LogP contribution in [0.4, 0.5) is 8.78 Å². The standard InChI is InChI=1S/C16H16F2O5S/c1-21-12-5-3-11(4-6-12)9-22-13-7-15(17)14(16(18)8-13)10-23-24(2,19)20/h3-8H,9-10H2,1-2H3. The summed E-state index contributed by atoms with van der Waals surface area (Å²) in [5.74, 6) is -1.21. The van der Waals surface area contributed by atoms with Gasteiger partial charge in [0.15, 0.2) is 0 Å². The van der Waals surface area contributed by atoms with Gasteiger partial charge >= 0.3 is 0 Å². The second-order valence-electron chi connectivity index (χ2n) is 4.97. The summed E-state index contributed by atoms with van der Waals surface area (Å²) in [5, 5.41) is 0. The molecule has 24 heavy (non-hydrogen) atoms. The third kappa shape index (κ3) is 5.17. The van der Waals surface area contributed by atoms with Gasteiger partial charge in [-0.25, -0.2) is 8.78 Å². The second kappa shape index (κ2) is 7.59. The van der Waals surface area contributed by atoms with Gasteiger partial charge in [0, 0.05) is 12.1 Å². The van der Waals surface area contributed by atoms with Gasteiger partial charge in [-0.05, 0) is 17.7 Å². The summed E-state index contributed by atoms with van der Waals surface area (Å²) in [4.78, 5) is 0. The topological polar surface area (TPSA) is 61.8 Å². The van der Waals surface area contributed by atoms with Crippen LogP contribution < -0.4 is 9.47 Å². The fourth-order valence-electron chi connectivity index (χ4n) is 1.86. The van der Waals surface area contributed by atoms with Gasteiger partial charge in [0.2, 0.25) is 0 Å². The Labute approximate surface area is 138 Å². The molecule has 130 valence electrons. The first kappa shape index (κ1) is 18.2. The van der Waals surface area contributed by atoms with Crippen molar-refractivity contribution in [3.05, 3.63) is 59.2 Å². The third-order valence-corrected chi connectivity index (χ3v) is 3.64. The van der Waals surface area contributed by atoms with Crippen molar-refractivity contribution in [2.24, 2.45) is 0 Å². The molecule has 8 heteroatoms. The van der Waals surface area contributed by atoms with Crippen molar-refractivity contribution >= 4 is 10.1 Å². The van der Waals surface area contributed by atoms with Crippen molar-refractivity contribution in [3.8, 4) is 11.5 Å². The average Bonchev–Trinajstić information content (AvgIpc) is 2.51. The van der Waals surface area contributed by atoms with Crippen LogP contribution in [0.2, 0.25) is 0 Å². The molecule has 2 aromatic rings. The minimum atomic E-state index is -3.79. The molecule has 0 bridgehead atoms. The molecule has 0 aliphatic heterocycles. The summed E-state index contributed by atoms with van der Waals surface area (Å²) in [7, 11) is -2.25. The number of rotatable bonds is 7. The lowest BCUT2D eigenvalue weighted by molar-refractivity contribution is 0.289. The third-order valence-electron chi connectivity index (χ3n) is 3.10. The summed E-state index contributed by atoms with van der Waals surface area (Å²) < 4.78 is 64.4. The van der Waals surface area contributed by atoms with E-state index in [0.717, 1.165) is 24.0 Å². The number of benzene rings is 2. The molecule has 0 saturated carbocycles. The average molecular weight is 358 g/mol. The van der Waals surface area contributed by atoms with Crippen molar-refractivity contribution in [1.29, 1.82) is 0 Å². The van der Waals surface area contributed by atoms with Crippen LogP contribution in [0.3, 0.4) is 0 Å². The van der Waals surface area contributed by atoms with Gasteiger partial charge in [-0.2, -0.15) is 8.42 Å². The second-order valence-corrected chi connectivity index (χ2v) is 6.61. The number of hydrogen-bond donors (Lipinski definition) is 0. The highest BCUT2D eigenvalue weighted by molar-refractivity contribution is 7.85. The van der Waals surface area contributed by atoms with Gasteiger partial charge in [0.1, 0.15) is 29.7 Å². The Morgan fingerprint density at radius 1 is 0.958 bits per heavy atom. The van der Waals surface area contributed by atoms with E-state index in [1.165, 1.54) is 0 Å². The van der Waals surface area contributed by atoms with E-state index in [1.807, 2.05) is 0 Å². The first-order chi connectivity index (χ1) is 11.3. The monoisotopic (exact) mass is 358 g/mol. The van der Waals surface area contributed by atoms with Crippen LogP contribution in [0.5, 0.6) is 11.5 Å². The summed E-state index contributed by atoms with van der Waals surface area (Å²) in [6, 6.07) is 8.97. The van der Waals surface area contributed by atoms with Crippen LogP contribution in [0.15, 0.2) is 36.4 Å². The molecular formula is C16H16F2O5S. The molecule has 0 unspecified atom stereocenters. The van der Waals surface area contributed by atoms with Crippen molar-refractivity contribution in [2.75, 3.05) is 13.4 Å². The van der Waals surface area contributed by atoms with Crippen molar-refractivity contribution in [1.82, 2.24) is 0 Å². The molecule has 2 rings (SSSR count). The van der Waals surface area contributed by atoms with Gasteiger partial charge in [-0.3, -0.25) is 4.18 Å². The molecule has 0 spiro atoms. The van der Waals surface area contributed by atoms with E-state index in [4.69, 9.17) is 9.47 Å². The maximum atomic E-state index is 13.9. The van der Waals surface area contributed by atoms with Gasteiger partial charge in [-0.15, -0.1) is 0 Å². The SMILES string of the molecule is COc1ccc(COc2cc(F)c(COS(C)(=O)=O)c(F)c2)cc1. The highest BCUT2D eigenvalue weighted by atomic mass is 32.2. The summed E-state index contributed by atoms with van der Waals surface area (Å²) in [6.07, 6.45) is 0.801.